The van der Waals surface area contributed by atoms with Gasteiger partial charge in [0.15, 0.2) is 0 Å². The number of anilines is 1. The van der Waals surface area contributed by atoms with Gasteiger partial charge in [-0.1, -0.05) is 6.07 Å². The third-order valence-corrected chi connectivity index (χ3v) is 3.56. The van der Waals surface area contributed by atoms with Gasteiger partial charge < -0.3 is 14.8 Å². The van der Waals surface area contributed by atoms with Crippen LogP contribution in [0.4, 0.5) is 5.69 Å². The Bertz CT molecular complexity index is 877. The van der Waals surface area contributed by atoms with Crippen LogP contribution in [-0.2, 0) is 0 Å². The normalized spacial score (nSPS) is 10.4. The summed E-state index contributed by atoms with van der Waals surface area (Å²) in [5.74, 6) is 1.22. The molecule has 0 bridgehead atoms. The molecule has 1 heterocycles. The van der Waals surface area contributed by atoms with Crippen molar-refractivity contribution in [2.75, 3.05) is 19.0 Å². The van der Waals surface area contributed by atoms with E-state index in [2.05, 4.69) is 10.3 Å². The second kappa shape index (κ2) is 7.00. The number of nitrogens with zero attached hydrogens (tertiary/aromatic N) is 1. The first-order valence-corrected chi connectivity index (χ1v) is 7.67. The van der Waals surface area contributed by atoms with Crippen LogP contribution >= 0.6 is 0 Å². The summed E-state index contributed by atoms with van der Waals surface area (Å²) in [4.78, 5) is 16.8. The van der Waals surface area contributed by atoms with Gasteiger partial charge in [-0.15, -0.1) is 0 Å². The number of aromatic nitrogens is 1. The second-order valence-corrected chi connectivity index (χ2v) is 5.20. The minimum absolute atomic E-state index is 0.203. The Balaban J connectivity index is 1.81. The third-order valence-electron chi connectivity index (χ3n) is 3.56. The van der Waals surface area contributed by atoms with E-state index in [1.165, 1.54) is 0 Å². The van der Waals surface area contributed by atoms with Crippen LogP contribution in [0, 0.1) is 0 Å². The Kier molecular flexibility index (Phi) is 4.61. The number of amides is 1. The Labute approximate surface area is 140 Å². The van der Waals surface area contributed by atoms with Gasteiger partial charge in [0.05, 0.1) is 31.1 Å². The molecule has 0 radical (unpaired) electrons. The maximum Gasteiger partial charge on any atom is 0.255 e. The molecule has 0 aliphatic heterocycles. The molecule has 0 saturated carbocycles. The molecule has 5 heteroatoms. The quantitative estimate of drug-likeness (QED) is 0.774. The fraction of sp³-hybridized carbons (Fsp3) is 0.158. The van der Waals surface area contributed by atoms with E-state index in [0.29, 0.717) is 23.6 Å². The van der Waals surface area contributed by atoms with E-state index in [9.17, 15) is 4.79 Å². The Morgan fingerprint density at radius 1 is 1.12 bits per heavy atom. The molecule has 0 aliphatic rings. The highest BCUT2D eigenvalue weighted by Gasteiger charge is 2.08. The zero-order valence-corrected chi connectivity index (χ0v) is 13.6. The summed E-state index contributed by atoms with van der Waals surface area (Å²) in [7, 11) is 1.62. The lowest BCUT2D eigenvalue weighted by atomic mass is 10.2. The van der Waals surface area contributed by atoms with Crippen molar-refractivity contribution in [3.05, 3.63) is 60.3 Å². The number of carbonyl (C=O) groups excluding carboxylic acids is 1. The first kappa shape index (κ1) is 15.8. The van der Waals surface area contributed by atoms with Crippen LogP contribution < -0.4 is 14.8 Å². The van der Waals surface area contributed by atoms with Gasteiger partial charge in [0, 0.05) is 17.0 Å². The van der Waals surface area contributed by atoms with Gasteiger partial charge >= 0.3 is 0 Å². The van der Waals surface area contributed by atoms with Gasteiger partial charge in [-0.25, -0.2) is 0 Å². The predicted molar refractivity (Wildman–Crippen MR) is 93.9 cm³/mol. The SMILES string of the molecule is CCOc1cccc(C(=O)Nc2cnc3cc(OC)ccc3c2)c1. The van der Waals surface area contributed by atoms with Crippen LogP contribution in [0.2, 0.25) is 0 Å². The highest BCUT2D eigenvalue weighted by atomic mass is 16.5. The average molecular weight is 322 g/mol. The largest absolute Gasteiger partial charge is 0.497 e. The molecular weight excluding hydrogens is 304 g/mol. The summed E-state index contributed by atoms with van der Waals surface area (Å²) in [5.41, 5.74) is 1.99. The van der Waals surface area contributed by atoms with Crippen LogP contribution in [0.15, 0.2) is 54.7 Å². The molecular formula is C19H18N2O3. The van der Waals surface area contributed by atoms with Crippen LogP contribution in [0.25, 0.3) is 10.9 Å². The highest BCUT2D eigenvalue weighted by Crippen LogP contribution is 2.22. The maximum atomic E-state index is 12.4. The van der Waals surface area contributed by atoms with Crippen LogP contribution in [0.3, 0.4) is 0 Å². The van der Waals surface area contributed by atoms with Gasteiger partial charge in [-0.05, 0) is 43.3 Å². The molecule has 0 aliphatic carbocycles. The minimum Gasteiger partial charge on any atom is -0.497 e. The number of pyridine rings is 1. The summed E-state index contributed by atoms with van der Waals surface area (Å²) < 4.78 is 10.6. The number of fused-ring (bicyclic) bond motifs is 1. The first-order chi connectivity index (χ1) is 11.7. The number of benzene rings is 2. The van der Waals surface area contributed by atoms with Crippen LogP contribution in [0.5, 0.6) is 11.5 Å². The standard InChI is InChI=1S/C19H18N2O3/c1-3-24-17-6-4-5-14(10-17)19(22)21-15-9-13-7-8-16(23-2)11-18(13)20-12-15/h4-12H,3H2,1-2H3,(H,21,22). The second-order valence-electron chi connectivity index (χ2n) is 5.20. The molecule has 1 aromatic heterocycles. The van der Waals surface area contributed by atoms with Crippen molar-refractivity contribution in [2.45, 2.75) is 6.92 Å². The van der Waals surface area contributed by atoms with E-state index in [1.807, 2.05) is 37.3 Å². The molecule has 3 aromatic rings. The van der Waals surface area contributed by atoms with E-state index in [0.717, 1.165) is 16.7 Å². The summed E-state index contributed by atoms with van der Waals surface area (Å²) >= 11 is 0. The third kappa shape index (κ3) is 3.46. The number of carbonyl (C=O) groups is 1. The summed E-state index contributed by atoms with van der Waals surface area (Å²) in [6.07, 6.45) is 1.63. The molecule has 1 N–H and O–H groups in total. The average Bonchev–Trinajstić information content (AvgIpc) is 2.61. The molecule has 0 fully saturated rings. The summed E-state index contributed by atoms with van der Waals surface area (Å²) in [6, 6.07) is 14.6. The summed E-state index contributed by atoms with van der Waals surface area (Å²) in [6.45, 7) is 2.46. The van der Waals surface area contributed by atoms with Gasteiger partial charge in [-0.2, -0.15) is 0 Å². The monoisotopic (exact) mass is 322 g/mol. The van der Waals surface area contributed by atoms with Gasteiger partial charge in [0.1, 0.15) is 11.5 Å². The first-order valence-electron chi connectivity index (χ1n) is 7.67. The van der Waals surface area contributed by atoms with Crippen molar-refractivity contribution >= 4 is 22.5 Å². The minimum atomic E-state index is -0.203. The topological polar surface area (TPSA) is 60.5 Å². The zero-order chi connectivity index (χ0) is 16.9. The van der Waals surface area contributed by atoms with E-state index < -0.39 is 0 Å². The van der Waals surface area contributed by atoms with Crippen molar-refractivity contribution in [3.63, 3.8) is 0 Å². The van der Waals surface area contributed by atoms with Crippen molar-refractivity contribution < 1.29 is 14.3 Å². The lowest BCUT2D eigenvalue weighted by molar-refractivity contribution is 0.102. The molecule has 2 aromatic carbocycles. The molecule has 122 valence electrons. The summed E-state index contributed by atoms with van der Waals surface area (Å²) in [5, 5.41) is 3.79. The maximum absolute atomic E-state index is 12.4. The smallest absolute Gasteiger partial charge is 0.255 e. The number of hydrogen-bond donors (Lipinski definition) is 1. The number of hydrogen-bond acceptors (Lipinski definition) is 4. The Morgan fingerprint density at radius 3 is 2.79 bits per heavy atom. The molecule has 24 heavy (non-hydrogen) atoms. The molecule has 0 saturated heterocycles. The van der Waals surface area contributed by atoms with Crippen LogP contribution in [-0.4, -0.2) is 24.6 Å². The van der Waals surface area contributed by atoms with Gasteiger partial charge in [0.2, 0.25) is 0 Å². The molecule has 0 atom stereocenters. The van der Waals surface area contributed by atoms with Crippen molar-refractivity contribution in [1.82, 2.24) is 4.98 Å². The lowest BCUT2D eigenvalue weighted by Crippen LogP contribution is -2.12. The van der Waals surface area contributed by atoms with Crippen molar-refractivity contribution in [3.8, 4) is 11.5 Å². The fourth-order valence-corrected chi connectivity index (χ4v) is 2.39. The number of nitrogens with one attached hydrogen (secondary N) is 1. The predicted octanol–water partition coefficient (Wildman–Crippen LogP) is 3.89. The zero-order valence-electron chi connectivity index (χ0n) is 13.6. The molecule has 0 unspecified atom stereocenters. The fourth-order valence-electron chi connectivity index (χ4n) is 2.39. The van der Waals surface area contributed by atoms with Crippen molar-refractivity contribution in [1.29, 1.82) is 0 Å². The Morgan fingerprint density at radius 2 is 2.00 bits per heavy atom. The molecule has 3 rings (SSSR count). The lowest BCUT2D eigenvalue weighted by Gasteiger charge is -2.08. The molecule has 0 spiro atoms. The van der Waals surface area contributed by atoms with E-state index in [-0.39, 0.29) is 5.91 Å². The Hall–Kier alpha value is -3.08. The van der Waals surface area contributed by atoms with Crippen LogP contribution in [0.1, 0.15) is 17.3 Å². The van der Waals surface area contributed by atoms with Gasteiger partial charge in [0.25, 0.3) is 5.91 Å². The van der Waals surface area contributed by atoms with E-state index in [4.69, 9.17) is 9.47 Å². The molecule has 5 nitrogen and oxygen atoms in total. The van der Waals surface area contributed by atoms with E-state index in [1.54, 1.807) is 31.5 Å². The molecule has 1 amide bonds. The van der Waals surface area contributed by atoms with E-state index >= 15 is 0 Å². The van der Waals surface area contributed by atoms with Crippen molar-refractivity contribution in [2.24, 2.45) is 0 Å². The number of rotatable bonds is 5. The highest BCUT2D eigenvalue weighted by molar-refractivity contribution is 6.05. The van der Waals surface area contributed by atoms with Gasteiger partial charge in [-0.3, -0.25) is 9.78 Å². The number of ether oxygens (including phenoxy) is 2. The number of methoxy groups -OCH3 is 1.